The molecule has 0 bridgehead atoms. The van der Waals surface area contributed by atoms with Crippen LogP contribution in [0.2, 0.25) is 5.15 Å². The molecule has 1 aromatic rings. The van der Waals surface area contributed by atoms with Gasteiger partial charge in [0.2, 0.25) is 0 Å². The lowest BCUT2D eigenvalue weighted by atomic mass is 10.2. The van der Waals surface area contributed by atoms with E-state index in [0.29, 0.717) is 5.56 Å². The predicted octanol–water partition coefficient (Wildman–Crippen LogP) is 1.71. The number of hydrogen-bond donors (Lipinski definition) is 0. The second-order valence-corrected chi connectivity index (χ2v) is 2.70. The van der Waals surface area contributed by atoms with E-state index >= 15 is 0 Å². The van der Waals surface area contributed by atoms with Gasteiger partial charge in [0, 0.05) is 6.20 Å². The Bertz CT molecular complexity index is 279. The molecule has 0 amide bonds. The first kappa shape index (κ1) is 8.62. The normalized spacial score (nSPS) is 9.64. The Labute approximate surface area is 76.9 Å². The number of alkyl halides is 1. The van der Waals surface area contributed by atoms with Gasteiger partial charge in [-0.3, -0.25) is 4.79 Å². The largest absolute Gasteiger partial charge is 0.293 e. The van der Waals surface area contributed by atoms with E-state index in [2.05, 4.69) is 25.9 Å². The van der Waals surface area contributed by atoms with Gasteiger partial charge in [-0.2, -0.15) is 0 Å². The first-order chi connectivity index (χ1) is 5.25. The minimum Gasteiger partial charge on any atom is -0.293 e. The Hall–Kier alpha value is -0.480. The summed E-state index contributed by atoms with van der Waals surface area (Å²) in [5.41, 5.74) is 0.353. The SMILES string of the molecule is O=C(CBr)c1cncnc1Cl. The van der Waals surface area contributed by atoms with E-state index < -0.39 is 0 Å². The van der Waals surface area contributed by atoms with Gasteiger partial charge in [-0.05, 0) is 0 Å². The van der Waals surface area contributed by atoms with E-state index in [9.17, 15) is 4.79 Å². The summed E-state index contributed by atoms with van der Waals surface area (Å²) in [6, 6.07) is 0. The molecule has 0 aliphatic heterocycles. The first-order valence-electron chi connectivity index (χ1n) is 2.80. The molecule has 0 fully saturated rings. The van der Waals surface area contributed by atoms with Gasteiger partial charge in [0.25, 0.3) is 0 Å². The lowest BCUT2D eigenvalue weighted by molar-refractivity contribution is 0.102. The Morgan fingerprint density at radius 2 is 2.45 bits per heavy atom. The fourth-order valence-corrected chi connectivity index (χ4v) is 1.07. The van der Waals surface area contributed by atoms with E-state index in [1.54, 1.807) is 0 Å². The molecule has 0 N–H and O–H groups in total. The molecule has 1 rings (SSSR count). The van der Waals surface area contributed by atoms with Gasteiger partial charge in [0.05, 0.1) is 10.9 Å². The summed E-state index contributed by atoms with van der Waals surface area (Å²) in [4.78, 5) is 18.4. The maximum Gasteiger partial charge on any atom is 0.178 e. The summed E-state index contributed by atoms with van der Waals surface area (Å²) >= 11 is 8.63. The molecule has 1 heterocycles. The van der Waals surface area contributed by atoms with Crippen LogP contribution in [0.15, 0.2) is 12.5 Å². The lowest BCUT2D eigenvalue weighted by Crippen LogP contribution is -2.02. The van der Waals surface area contributed by atoms with Crippen molar-refractivity contribution in [1.29, 1.82) is 0 Å². The number of rotatable bonds is 2. The highest BCUT2D eigenvalue weighted by atomic mass is 79.9. The highest BCUT2D eigenvalue weighted by Gasteiger charge is 2.08. The van der Waals surface area contributed by atoms with Crippen LogP contribution in [0.25, 0.3) is 0 Å². The first-order valence-corrected chi connectivity index (χ1v) is 4.30. The van der Waals surface area contributed by atoms with Crippen LogP contribution in [0.1, 0.15) is 10.4 Å². The number of aromatic nitrogens is 2. The molecule has 11 heavy (non-hydrogen) atoms. The fourth-order valence-electron chi connectivity index (χ4n) is 0.574. The number of nitrogens with zero attached hydrogens (tertiary/aromatic N) is 2. The molecule has 5 heteroatoms. The van der Waals surface area contributed by atoms with E-state index in [0.717, 1.165) is 0 Å². The van der Waals surface area contributed by atoms with Gasteiger partial charge in [-0.25, -0.2) is 9.97 Å². The average Bonchev–Trinajstić information content (AvgIpc) is 2.04. The molecule has 0 aromatic carbocycles. The van der Waals surface area contributed by atoms with E-state index in [1.165, 1.54) is 12.5 Å². The van der Waals surface area contributed by atoms with Crippen LogP contribution in [0.4, 0.5) is 0 Å². The highest BCUT2D eigenvalue weighted by molar-refractivity contribution is 9.09. The number of halogens is 2. The molecule has 0 radical (unpaired) electrons. The summed E-state index contributed by atoms with van der Waals surface area (Å²) in [5, 5.41) is 0.435. The minimum atomic E-state index is -0.115. The van der Waals surface area contributed by atoms with Gasteiger partial charge < -0.3 is 0 Å². The molecule has 3 nitrogen and oxygen atoms in total. The predicted molar refractivity (Wildman–Crippen MR) is 45.2 cm³/mol. The third kappa shape index (κ3) is 1.97. The van der Waals surface area contributed by atoms with Crippen molar-refractivity contribution in [2.45, 2.75) is 0 Å². The van der Waals surface area contributed by atoms with Crippen molar-refractivity contribution >= 4 is 33.3 Å². The molecule has 0 unspecified atom stereocenters. The molecule has 58 valence electrons. The summed E-state index contributed by atoms with van der Waals surface area (Å²) in [6.07, 6.45) is 2.70. The van der Waals surface area contributed by atoms with Crippen molar-refractivity contribution in [1.82, 2.24) is 9.97 Å². The third-order valence-electron chi connectivity index (χ3n) is 1.09. The van der Waals surface area contributed by atoms with Crippen molar-refractivity contribution in [2.24, 2.45) is 0 Å². The lowest BCUT2D eigenvalue weighted by Gasteiger charge is -1.96. The Balaban J connectivity index is 3.03. The van der Waals surface area contributed by atoms with Crippen molar-refractivity contribution in [3.63, 3.8) is 0 Å². The van der Waals surface area contributed by atoms with E-state index in [4.69, 9.17) is 11.6 Å². The van der Waals surface area contributed by atoms with Crippen LogP contribution in [0.5, 0.6) is 0 Å². The molecule has 0 saturated heterocycles. The average molecular weight is 235 g/mol. The number of Topliss-reactive ketones (excluding diaryl/α,β-unsaturated/α-hetero) is 1. The zero-order chi connectivity index (χ0) is 8.27. The second kappa shape index (κ2) is 3.78. The number of ketones is 1. The summed E-state index contributed by atoms with van der Waals surface area (Å²) in [5.74, 6) is -0.115. The molecule has 0 saturated carbocycles. The molecular weight excluding hydrogens is 231 g/mol. The summed E-state index contributed by atoms with van der Waals surface area (Å²) < 4.78 is 0. The van der Waals surface area contributed by atoms with Gasteiger partial charge in [0.15, 0.2) is 5.78 Å². The molecule has 0 aliphatic carbocycles. The second-order valence-electron chi connectivity index (χ2n) is 1.78. The van der Waals surface area contributed by atoms with Crippen molar-refractivity contribution in [2.75, 3.05) is 5.33 Å². The van der Waals surface area contributed by atoms with Crippen LogP contribution in [-0.4, -0.2) is 21.1 Å². The van der Waals surface area contributed by atoms with Crippen LogP contribution in [-0.2, 0) is 0 Å². The molecule has 1 aromatic heterocycles. The maximum atomic E-state index is 11.0. The summed E-state index contributed by atoms with van der Waals surface area (Å²) in [6.45, 7) is 0. The van der Waals surface area contributed by atoms with Crippen molar-refractivity contribution in [3.05, 3.63) is 23.2 Å². The Morgan fingerprint density at radius 3 is 3.00 bits per heavy atom. The topological polar surface area (TPSA) is 42.9 Å². The smallest absolute Gasteiger partial charge is 0.178 e. The van der Waals surface area contributed by atoms with Crippen LogP contribution in [0.3, 0.4) is 0 Å². The minimum absolute atomic E-state index is 0.115. The standard InChI is InChI=1S/C6H4BrClN2O/c7-1-5(11)4-2-9-3-10-6(4)8/h2-3H,1H2. The monoisotopic (exact) mass is 234 g/mol. The van der Waals surface area contributed by atoms with Crippen molar-refractivity contribution < 1.29 is 4.79 Å². The zero-order valence-corrected chi connectivity index (χ0v) is 7.76. The zero-order valence-electron chi connectivity index (χ0n) is 5.42. The highest BCUT2D eigenvalue weighted by Crippen LogP contribution is 2.11. The Morgan fingerprint density at radius 1 is 1.73 bits per heavy atom. The number of hydrogen-bond acceptors (Lipinski definition) is 3. The quantitative estimate of drug-likeness (QED) is 0.445. The van der Waals surface area contributed by atoms with Crippen LogP contribution < -0.4 is 0 Å². The molecule has 0 atom stereocenters. The Kier molecular flexibility index (Phi) is 2.96. The third-order valence-corrected chi connectivity index (χ3v) is 1.90. The molecular formula is C6H4BrClN2O. The van der Waals surface area contributed by atoms with Gasteiger partial charge in [-0.15, -0.1) is 0 Å². The fraction of sp³-hybridized carbons (Fsp3) is 0.167. The molecule has 0 aliphatic rings. The van der Waals surface area contributed by atoms with Gasteiger partial charge in [-0.1, -0.05) is 27.5 Å². The van der Waals surface area contributed by atoms with Crippen LogP contribution in [0, 0.1) is 0 Å². The maximum absolute atomic E-state index is 11.0. The van der Waals surface area contributed by atoms with Gasteiger partial charge in [0.1, 0.15) is 11.5 Å². The van der Waals surface area contributed by atoms with E-state index in [-0.39, 0.29) is 16.3 Å². The van der Waals surface area contributed by atoms with Crippen LogP contribution >= 0.6 is 27.5 Å². The molecule has 0 spiro atoms. The van der Waals surface area contributed by atoms with Gasteiger partial charge >= 0.3 is 0 Å². The van der Waals surface area contributed by atoms with Crippen molar-refractivity contribution in [3.8, 4) is 0 Å². The number of carbonyl (C=O) groups excluding carboxylic acids is 1. The summed E-state index contributed by atoms with van der Waals surface area (Å²) in [7, 11) is 0. The van der Waals surface area contributed by atoms with E-state index in [1.807, 2.05) is 0 Å². The number of carbonyl (C=O) groups is 1.